The van der Waals surface area contributed by atoms with Gasteiger partial charge in [-0.05, 0) is 36.6 Å². The lowest BCUT2D eigenvalue weighted by molar-refractivity contribution is 0.422. The lowest BCUT2D eigenvalue weighted by Gasteiger charge is -2.05. The van der Waals surface area contributed by atoms with Crippen molar-refractivity contribution in [1.82, 2.24) is 9.72 Å². The van der Waals surface area contributed by atoms with Gasteiger partial charge in [0.15, 0.2) is 5.76 Å². The molecule has 0 radical (unpaired) electrons. The highest BCUT2D eigenvalue weighted by molar-refractivity contribution is 7.19. The molecular weight excluding hydrogens is 316 g/mol. The summed E-state index contributed by atoms with van der Waals surface area (Å²) in [6, 6.07) is 16.4. The smallest absolute Gasteiger partial charge is 0.177 e. The quantitative estimate of drug-likeness (QED) is 0.506. The molecule has 0 aliphatic rings. The normalized spacial score (nSPS) is 11.4. The van der Waals surface area contributed by atoms with Crippen LogP contribution in [0.25, 0.3) is 21.5 Å². The molecule has 110 valence electrons. The molecule has 3 nitrogen and oxygen atoms in total. The third-order valence-corrected chi connectivity index (χ3v) is 4.96. The summed E-state index contributed by atoms with van der Waals surface area (Å²) in [5.41, 5.74) is 3.33. The molecule has 0 amide bonds. The van der Waals surface area contributed by atoms with Crippen molar-refractivity contribution in [1.29, 1.82) is 0 Å². The Morgan fingerprint density at radius 3 is 2.86 bits per heavy atom. The number of aromatic nitrogens is 2. The van der Waals surface area contributed by atoms with E-state index in [4.69, 9.17) is 16.1 Å². The van der Waals surface area contributed by atoms with Crippen molar-refractivity contribution in [2.45, 2.75) is 13.5 Å². The predicted molar refractivity (Wildman–Crippen MR) is 90.6 cm³/mol. The van der Waals surface area contributed by atoms with Crippen molar-refractivity contribution in [3.8, 4) is 10.6 Å². The van der Waals surface area contributed by atoms with E-state index in [1.807, 2.05) is 18.2 Å². The van der Waals surface area contributed by atoms with Crippen LogP contribution in [-0.4, -0.2) is 9.72 Å². The third-order valence-electron chi connectivity index (χ3n) is 3.71. The largest absolute Gasteiger partial charge is 0.355 e. The van der Waals surface area contributed by atoms with Crippen LogP contribution in [0.3, 0.4) is 0 Å². The van der Waals surface area contributed by atoms with Gasteiger partial charge in [0.05, 0.1) is 15.8 Å². The van der Waals surface area contributed by atoms with Crippen LogP contribution in [0, 0.1) is 6.92 Å². The molecule has 4 rings (SSSR count). The average Bonchev–Trinajstić information content (AvgIpc) is 3.20. The van der Waals surface area contributed by atoms with Gasteiger partial charge in [-0.2, -0.15) is 0 Å². The maximum atomic E-state index is 5.97. The second kappa shape index (κ2) is 5.30. The van der Waals surface area contributed by atoms with Crippen LogP contribution >= 0.6 is 22.9 Å². The minimum atomic E-state index is 0.696. The average molecular weight is 329 g/mol. The summed E-state index contributed by atoms with van der Waals surface area (Å²) in [5, 5.41) is 5.44. The molecule has 0 aliphatic heterocycles. The van der Waals surface area contributed by atoms with Crippen LogP contribution in [0.5, 0.6) is 0 Å². The first-order valence-corrected chi connectivity index (χ1v) is 8.16. The summed E-state index contributed by atoms with van der Waals surface area (Å²) in [6.45, 7) is 2.81. The number of benzene rings is 1. The SMILES string of the molecule is Cc1cc2ccccc2n1Cc1cc(-c2ccc(Cl)s2)on1. The van der Waals surface area contributed by atoms with Crippen LogP contribution in [0.2, 0.25) is 4.34 Å². The second-order valence-electron chi connectivity index (χ2n) is 5.22. The van der Waals surface area contributed by atoms with Crippen LogP contribution in [0.15, 0.2) is 53.1 Å². The number of rotatable bonds is 3. The Kier molecular flexibility index (Phi) is 3.28. The van der Waals surface area contributed by atoms with Gasteiger partial charge in [0.2, 0.25) is 0 Å². The number of hydrogen-bond donors (Lipinski definition) is 0. The summed E-state index contributed by atoms with van der Waals surface area (Å²) in [5.74, 6) is 0.765. The second-order valence-corrected chi connectivity index (χ2v) is 6.93. The van der Waals surface area contributed by atoms with E-state index in [0.717, 1.165) is 20.7 Å². The lowest BCUT2D eigenvalue weighted by Crippen LogP contribution is -2.01. The molecule has 0 unspecified atom stereocenters. The van der Waals surface area contributed by atoms with Gasteiger partial charge < -0.3 is 9.09 Å². The van der Waals surface area contributed by atoms with E-state index in [1.165, 1.54) is 27.9 Å². The molecule has 0 atom stereocenters. The Balaban J connectivity index is 1.68. The van der Waals surface area contributed by atoms with Gasteiger partial charge in [-0.25, -0.2) is 0 Å². The molecule has 0 saturated heterocycles. The number of thiophene rings is 1. The minimum Gasteiger partial charge on any atom is -0.355 e. The fourth-order valence-corrected chi connectivity index (χ4v) is 3.66. The van der Waals surface area contributed by atoms with Gasteiger partial charge in [-0.3, -0.25) is 0 Å². The Hall–Kier alpha value is -2.04. The zero-order chi connectivity index (χ0) is 15.1. The summed E-state index contributed by atoms with van der Waals surface area (Å²) < 4.78 is 8.45. The molecule has 3 heterocycles. The number of fused-ring (bicyclic) bond motifs is 1. The van der Waals surface area contributed by atoms with Crippen LogP contribution < -0.4 is 0 Å². The molecule has 0 N–H and O–H groups in total. The van der Waals surface area contributed by atoms with Gasteiger partial charge in [0.1, 0.15) is 5.69 Å². The third kappa shape index (κ3) is 2.34. The molecule has 0 spiro atoms. The first-order chi connectivity index (χ1) is 10.7. The van der Waals surface area contributed by atoms with Crippen molar-refractivity contribution < 1.29 is 4.52 Å². The molecule has 0 aliphatic carbocycles. The minimum absolute atomic E-state index is 0.696. The summed E-state index contributed by atoms with van der Waals surface area (Å²) in [7, 11) is 0. The van der Waals surface area contributed by atoms with Crippen LogP contribution in [0.4, 0.5) is 0 Å². The van der Waals surface area contributed by atoms with E-state index < -0.39 is 0 Å². The number of halogens is 1. The summed E-state index contributed by atoms with van der Waals surface area (Å²) >= 11 is 7.46. The van der Waals surface area contributed by atoms with Crippen molar-refractivity contribution in [2.75, 3.05) is 0 Å². The van der Waals surface area contributed by atoms with Gasteiger partial charge in [0.25, 0.3) is 0 Å². The molecule has 4 aromatic rings. The fraction of sp³-hybridized carbons (Fsp3) is 0.118. The Bertz CT molecular complexity index is 951. The lowest BCUT2D eigenvalue weighted by atomic mass is 10.2. The van der Waals surface area contributed by atoms with Gasteiger partial charge in [-0.1, -0.05) is 35.0 Å². The molecule has 3 aromatic heterocycles. The highest BCUT2D eigenvalue weighted by Crippen LogP contribution is 2.31. The molecule has 5 heteroatoms. The van der Waals surface area contributed by atoms with E-state index in [2.05, 4.69) is 47.0 Å². The van der Waals surface area contributed by atoms with Crippen LogP contribution in [0.1, 0.15) is 11.4 Å². The van der Waals surface area contributed by atoms with Gasteiger partial charge in [-0.15, -0.1) is 11.3 Å². The Labute approximate surface area is 136 Å². The zero-order valence-electron chi connectivity index (χ0n) is 11.9. The molecular formula is C17H13ClN2OS. The van der Waals surface area contributed by atoms with Crippen molar-refractivity contribution in [3.05, 3.63) is 64.3 Å². The number of aryl methyl sites for hydroxylation is 1. The first kappa shape index (κ1) is 13.6. The van der Waals surface area contributed by atoms with Crippen molar-refractivity contribution in [2.24, 2.45) is 0 Å². The van der Waals surface area contributed by atoms with E-state index in [1.54, 1.807) is 0 Å². The molecule has 1 aromatic carbocycles. The van der Waals surface area contributed by atoms with E-state index in [0.29, 0.717) is 6.54 Å². The number of para-hydroxylation sites is 1. The van der Waals surface area contributed by atoms with E-state index in [-0.39, 0.29) is 0 Å². The molecule has 0 fully saturated rings. The molecule has 0 saturated carbocycles. The van der Waals surface area contributed by atoms with Crippen molar-refractivity contribution >= 4 is 33.8 Å². The maximum Gasteiger partial charge on any atom is 0.177 e. The summed E-state index contributed by atoms with van der Waals surface area (Å²) in [6.07, 6.45) is 0. The van der Waals surface area contributed by atoms with Gasteiger partial charge in [0, 0.05) is 17.3 Å². The van der Waals surface area contributed by atoms with Crippen molar-refractivity contribution in [3.63, 3.8) is 0 Å². The topological polar surface area (TPSA) is 31.0 Å². The molecule has 0 bridgehead atoms. The summed E-state index contributed by atoms with van der Waals surface area (Å²) in [4.78, 5) is 0.998. The Morgan fingerprint density at radius 2 is 2.05 bits per heavy atom. The number of nitrogens with zero attached hydrogens (tertiary/aromatic N) is 2. The van der Waals surface area contributed by atoms with E-state index >= 15 is 0 Å². The van der Waals surface area contributed by atoms with E-state index in [9.17, 15) is 0 Å². The number of hydrogen-bond acceptors (Lipinski definition) is 3. The fourth-order valence-electron chi connectivity index (χ4n) is 2.67. The highest BCUT2D eigenvalue weighted by Gasteiger charge is 2.12. The predicted octanol–water partition coefficient (Wildman–Crippen LogP) is 5.37. The standard InChI is InChI=1S/C17H13ClN2OS/c1-11-8-12-4-2-3-5-14(12)20(11)10-13-9-15(21-19-13)16-6-7-17(18)22-16/h2-9H,10H2,1H3. The highest BCUT2D eigenvalue weighted by atomic mass is 35.5. The monoisotopic (exact) mass is 328 g/mol. The Morgan fingerprint density at radius 1 is 1.18 bits per heavy atom. The first-order valence-electron chi connectivity index (χ1n) is 6.97. The van der Waals surface area contributed by atoms with Crippen LogP contribution in [-0.2, 0) is 6.54 Å². The zero-order valence-corrected chi connectivity index (χ0v) is 13.5. The van der Waals surface area contributed by atoms with Gasteiger partial charge >= 0.3 is 0 Å². The molecule has 22 heavy (non-hydrogen) atoms. The maximum absolute atomic E-state index is 5.97.